The number of nitrogens with one attached hydrogen (secondary N) is 2. The molecule has 3 aromatic heterocycles. The monoisotopic (exact) mass is 589 g/mol. The van der Waals surface area contributed by atoms with E-state index in [1.165, 1.54) is 25.9 Å². The molecule has 2 fully saturated rings. The number of nitrogens with zero attached hydrogens (tertiary/aromatic N) is 6. The lowest BCUT2D eigenvalue weighted by Gasteiger charge is -2.41. The van der Waals surface area contributed by atoms with Gasteiger partial charge in [-0.05, 0) is 62.6 Å². The van der Waals surface area contributed by atoms with E-state index in [1.807, 2.05) is 18.2 Å². The summed E-state index contributed by atoms with van der Waals surface area (Å²) in [5.41, 5.74) is 11.8. The molecular weight excluding hydrogens is 557 g/mol. The first-order valence-electron chi connectivity index (χ1n) is 14.2. The van der Waals surface area contributed by atoms with Crippen LogP contribution in [0.25, 0.3) is 33.2 Å². The van der Waals surface area contributed by atoms with Gasteiger partial charge in [-0.15, -0.1) is 0 Å². The van der Waals surface area contributed by atoms with Crippen LogP contribution in [-0.4, -0.2) is 73.6 Å². The van der Waals surface area contributed by atoms with Crippen molar-refractivity contribution in [1.29, 1.82) is 0 Å². The van der Waals surface area contributed by atoms with Crippen LogP contribution < -0.4 is 11.1 Å². The maximum atomic E-state index is 6.44. The Bertz CT molecular complexity index is 1700. The number of halogens is 2. The highest BCUT2D eigenvalue weighted by Crippen LogP contribution is 2.39. The van der Waals surface area contributed by atoms with E-state index in [0.29, 0.717) is 39.4 Å². The fourth-order valence-corrected chi connectivity index (χ4v) is 6.80. The van der Waals surface area contributed by atoms with Crippen LogP contribution in [0.3, 0.4) is 0 Å². The second-order valence-electron chi connectivity index (χ2n) is 11.3. The van der Waals surface area contributed by atoms with Gasteiger partial charge in [0.2, 0.25) is 5.95 Å². The van der Waals surface area contributed by atoms with E-state index >= 15 is 0 Å². The third-order valence-electron chi connectivity index (χ3n) is 8.76. The number of H-pyrrole nitrogens is 1. The summed E-state index contributed by atoms with van der Waals surface area (Å²) in [6.07, 6.45) is 8.50. The number of piperazine rings is 1. The van der Waals surface area contributed by atoms with Gasteiger partial charge in [0.05, 0.1) is 20.9 Å². The van der Waals surface area contributed by atoms with Gasteiger partial charge >= 0.3 is 0 Å². The molecule has 0 atom stereocenters. The molecule has 7 rings (SSSR count). The SMILES string of the molecule is CN1CCN([C@H]2CC[C@@H](n3cc(-c4ccc(Nc5nc6c(Cl)c(Cl)ccc6[nH]5)cc4)c4c(N)ncnc43)CC2)CC1. The molecule has 1 saturated heterocycles. The Labute approximate surface area is 248 Å². The van der Waals surface area contributed by atoms with Gasteiger partial charge in [-0.2, -0.15) is 0 Å². The second-order valence-corrected chi connectivity index (χ2v) is 12.0. The normalized spacial score (nSPS) is 20.7. The Morgan fingerprint density at radius 1 is 0.927 bits per heavy atom. The molecular formula is C30H33Cl2N9. The summed E-state index contributed by atoms with van der Waals surface area (Å²) in [5.74, 6) is 1.10. The Morgan fingerprint density at radius 3 is 2.41 bits per heavy atom. The summed E-state index contributed by atoms with van der Waals surface area (Å²) in [5, 5.41) is 5.16. The number of benzene rings is 2. The Kier molecular flexibility index (Phi) is 6.98. The Hall–Kier alpha value is -3.37. The molecule has 0 radical (unpaired) electrons. The van der Waals surface area contributed by atoms with Crippen molar-refractivity contribution in [3.8, 4) is 11.1 Å². The molecule has 41 heavy (non-hydrogen) atoms. The molecule has 2 aliphatic rings. The van der Waals surface area contributed by atoms with Crippen molar-refractivity contribution in [3.05, 3.63) is 59.0 Å². The smallest absolute Gasteiger partial charge is 0.205 e. The van der Waals surface area contributed by atoms with Crippen LogP contribution in [0.5, 0.6) is 0 Å². The van der Waals surface area contributed by atoms with Gasteiger partial charge in [0, 0.05) is 55.7 Å². The van der Waals surface area contributed by atoms with E-state index in [9.17, 15) is 0 Å². The number of hydrogen-bond donors (Lipinski definition) is 3. The van der Waals surface area contributed by atoms with Crippen LogP contribution in [0.4, 0.5) is 17.5 Å². The second kappa shape index (κ2) is 10.8. The van der Waals surface area contributed by atoms with Gasteiger partial charge in [-0.3, -0.25) is 4.90 Å². The highest BCUT2D eigenvalue weighted by molar-refractivity contribution is 6.44. The van der Waals surface area contributed by atoms with Gasteiger partial charge in [0.1, 0.15) is 23.3 Å². The summed E-state index contributed by atoms with van der Waals surface area (Å²) in [7, 11) is 2.22. The summed E-state index contributed by atoms with van der Waals surface area (Å²) < 4.78 is 2.35. The number of rotatable bonds is 5. The predicted molar refractivity (Wildman–Crippen MR) is 167 cm³/mol. The molecule has 2 aromatic carbocycles. The van der Waals surface area contributed by atoms with Crippen molar-refractivity contribution < 1.29 is 0 Å². The molecule has 0 bridgehead atoms. The molecule has 0 unspecified atom stereocenters. The molecule has 9 nitrogen and oxygen atoms in total. The Balaban J connectivity index is 1.12. The first-order valence-corrected chi connectivity index (χ1v) is 14.9. The zero-order chi connectivity index (χ0) is 28.1. The third-order valence-corrected chi connectivity index (χ3v) is 9.55. The molecule has 212 valence electrons. The fraction of sp³-hybridized carbons (Fsp3) is 0.367. The average molecular weight is 591 g/mol. The minimum atomic E-state index is 0.401. The maximum Gasteiger partial charge on any atom is 0.205 e. The Morgan fingerprint density at radius 2 is 1.66 bits per heavy atom. The van der Waals surface area contributed by atoms with Crippen LogP contribution in [0.1, 0.15) is 31.7 Å². The largest absolute Gasteiger partial charge is 0.383 e. The number of likely N-dealkylation sites (N-methyl/N-ethyl adjacent to an activating group) is 1. The molecule has 11 heteroatoms. The number of aromatic nitrogens is 5. The minimum Gasteiger partial charge on any atom is -0.383 e. The fourth-order valence-electron chi connectivity index (χ4n) is 6.44. The van der Waals surface area contributed by atoms with Crippen LogP contribution >= 0.6 is 23.2 Å². The zero-order valence-corrected chi connectivity index (χ0v) is 24.5. The van der Waals surface area contributed by atoms with Gasteiger partial charge in [-0.1, -0.05) is 35.3 Å². The van der Waals surface area contributed by atoms with Crippen molar-refractivity contribution in [2.75, 3.05) is 44.3 Å². The van der Waals surface area contributed by atoms with Gasteiger partial charge in [0.15, 0.2) is 0 Å². The van der Waals surface area contributed by atoms with Gasteiger partial charge in [-0.25, -0.2) is 15.0 Å². The lowest BCUT2D eigenvalue weighted by molar-refractivity contribution is 0.0828. The van der Waals surface area contributed by atoms with Crippen LogP contribution in [0.2, 0.25) is 10.0 Å². The maximum absolute atomic E-state index is 6.44. The first-order chi connectivity index (χ1) is 19.9. The van der Waals surface area contributed by atoms with Crippen LogP contribution in [0, 0.1) is 0 Å². The zero-order valence-electron chi connectivity index (χ0n) is 22.9. The van der Waals surface area contributed by atoms with Crippen LogP contribution in [-0.2, 0) is 0 Å². The van der Waals surface area contributed by atoms with E-state index in [1.54, 1.807) is 12.4 Å². The lowest BCUT2D eigenvalue weighted by Crippen LogP contribution is -2.49. The summed E-state index contributed by atoms with van der Waals surface area (Å²) in [6.45, 7) is 4.68. The average Bonchev–Trinajstić information content (AvgIpc) is 3.59. The summed E-state index contributed by atoms with van der Waals surface area (Å²) in [4.78, 5) is 22.0. The molecule has 4 N–H and O–H groups in total. The molecule has 1 saturated carbocycles. The van der Waals surface area contributed by atoms with Crippen molar-refractivity contribution >= 4 is 62.7 Å². The highest BCUT2D eigenvalue weighted by atomic mass is 35.5. The van der Waals surface area contributed by atoms with Crippen molar-refractivity contribution in [3.63, 3.8) is 0 Å². The molecule has 0 spiro atoms. The molecule has 0 amide bonds. The summed E-state index contributed by atoms with van der Waals surface area (Å²) >= 11 is 12.5. The van der Waals surface area contributed by atoms with E-state index < -0.39 is 0 Å². The van der Waals surface area contributed by atoms with E-state index in [2.05, 4.69) is 60.0 Å². The number of fused-ring (bicyclic) bond motifs is 2. The molecule has 1 aliphatic heterocycles. The van der Waals surface area contributed by atoms with Crippen molar-refractivity contribution in [2.24, 2.45) is 0 Å². The number of nitrogen functional groups attached to an aromatic ring is 1. The number of imidazole rings is 1. The molecule has 1 aliphatic carbocycles. The minimum absolute atomic E-state index is 0.401. The predicted octanol–water partition coefficient (Wildman–Crippen LogP) is 6.34. The summed E-state index contributed by atoms with van der Waals surface area (Å²) in [6, 6.07) is 12.9. The van der Waals surface area contributed by atoms with Crippen LogP contribution in [0.15, 0.2) is 48.9 Å². The van der Waals surface area contributed by atoms with E-state index in [0.717, 1.165) is 59.3 Å². The number of aromatic amines is 1. The number of anilines is 3. The third kappa shape index (κ3) is 5.01. The van der Waals surface area contributed by atoms with Crippen molar-refractivity contribution in [1.82, 2.24) is 34.3 Å². The standard InChI is InChI=1S/C30H33Cl2N9/c1-39-12-14-40(15-13-39)20-6-8-21(9-7-20)41-16-22(25-28(33)34-17-35-29(25)41)18-2-4-19(5-3-18)36-30-37-24-11-10-23(31)26(32)27(24)38-30/h2-5,10-11,16-17,20-21H,6-9,12-15H2,1H3,(H2,33,34,35)(H2,36,37,38)/t20-,21+. The first kappa shape index (κ1) is 26.5. The lowest BCUT2D eigenvalue weighted by atomic mass is 9.89. The number of hydrogen-bond acceptors (Lipinski definition) is 7. The van der Waals surface area contributed by atoms with Gasteiger partial charge in [0.25, 0.3) is 0 Å². The highest BCUT2D eigenvalue weighted by Gasteiger charge is 2.30. The molecule has 4 heterocycles. The van der Waals surface area contributed by atoms with Gasteiger partial charge < -0.3 is 25.5 Å². The van der Waals surface area contributed by atoms with E-state index in [4.69, 9.17) is 33.9 Å². The molecule has 5 aromatic rings. The topological polar surface area (TPSA) is 104 Å². The number of nitrogens with two attached hydrogens (primary N) is 1. The quantitative estimate of drug-likeness (QED) is 0.220. The van der Waals surface area contributed by atoms with E-state index in [-0.39, 0.29) is 0 Å². The van der Waals surface area contributed by atoms with Crippen molar-refractivity contribution in [2.45, 2.75) is 37.8 Å².